The third-order valence-corrected chi connectivity index (χ3v) is 10.4. The average Bonchev–Trinajstić information content (AvgIpc) is 3.22. The highest BCUT2D eigenvalue weighted by Gasteiger charge is 2.89. The molecule has 4 aliphatic rings. The first-order valence-electron chi connectivity index (χ1n) is 15.4. The average molecular weight is 678 g/mol. The van der Waals surface area contributed by atoms with Crippen LogP contribution in [0.3, 0.4) is 0 Å². The van der Waals surface area contributed by atoms with Crippen molar-refractivity contribution in [2.24, 2.45) is 17.3 Å². The van der Waals surface area contributed by atoms with Crippen molar-refractivity contribution in [3.8, 4) is 0 Å². The number of ketones is 1. The molecule has 3 N–H and O–H groups in total. The third kappa shape index (κ3) is 4.82. The van der Waals surface area contributed by atoms with Gasteiger partial charge in [0.25, 0.3) is 0 Å². The van der Waals surface area contributed by atoms with Crippen LogP contribution in [0.15, 0.2) is 18.3 Å². The van der Waals surface area contributed by atoms with Crippen LogP contribution in [0.1, 0.15) is 70.4 Å². The van der Waals surface area contributed by atoms with Gasteiger partial charge in [-0.1, -0.05) is 13.8 Å². The van der Waals surface area contributed by atoms with Crippen molar-refractivity contribution in [2.75, 3.05) is 13.2 Å². The second-order valence-electron chi connectivity index (χ2n) is 13.4. The monoisotopic (exact) mass is 677 g/mol. The Kier molecular flexibility index (Phi) is 8.73. The minimum absolute atomic E-state index is 0.0135. The number of hydrogen-bond donors (Lipinski definition) is 3. The van der Waals surface area contributed by atoms with Gasteiger partial charge in [-0.2, -0.15) is 0 Å². The Balaban J connectivity index is 1.86. The highest BCUT2D eigenvalue weighted by atomic mass is 16.6. The van der Waals surface area contributed by atoms with Gasteiger partial charge in [-0.25, -0.2) is 4.79 Å². The van der Waals surface area contributed by atoms with E-state index in [1.807, 2.05) is 0 Å². The van der Waals surface area contributed by atoms with Gasteiger partial charge in [0.15, 0.2) is 24.1 Å². The van der Waals surface area contributed by atoms with E-state index in [0.29, 0.717) is 0 Å². The normalized spacial score (nSPS) is 42.1. The van der Waals surface area contributed by atoms with Gasteiger partial charge in [-0.15, -0.1) is 0 Å². The zero-order chi connectivity index (χ0) is 35.7. The molecule has 16 nitrogen and oxygen atoms in total. The van der Waals surface area contributed by atoms with E-state index in [2.05, 4.69) is 4.98 Å². The number of aromatic nitrogens is 1. The maximum Gasteiger partial charge on any atom is 0.340 e. The van der Waals surface area contributed by atoms with Crippen LogP contribution in [0, 0.1) is 17.3 Å². The number of fused-ring (bicyclic) bond motifs is 5. The van der Waals surface area contributed by atoms with E-state index in [1.54, 1.807) is 6.92 Å². The van der Waals surface area contributed by atoms with Crippen LogP contribution < -0.4 is 0 Å². The number of carbonyl (C=O) groups excluding carboxylic acids is 6. The van der Waals surface area contributed by atoms with Crippen molar-refractivity contribution < 1.29 is 72.5 Å². The minimum atomic E-state index is -2.73. The Hall–Kier alpha value is -3.99. The van der Waals surface area contributed by atoms with Gasteiger partial charge in [0.05, 0.1) is 29.2 Å². The molecule has 0 amide bonds. The molecule has 3 fully saturated rings. The number of pyridine rings is 1. The number of hydrogen-bond acceptors (Lipinski definition) is 16. The van der Waals surface area contributed by atoms with Gasteiger partial charge in [0.1, 0.15) is 41.5 Å². The largest absolute Gasteiger partial charge is 0.465 e. The van der Waals surface area contributed by atoms with Gasteiger partial charge in [-0.05, 0) is 26.0 Å². The maximum absolute atomic E-state index is 14.2. The summed E-state index contributed by atoms with van der Waals surface area (Å²) in [6.07, 6.45) is -9.08. The van der Waals surface area contributed by atoms with E-state index in [9.17, 15) is 44.1 Å². The number of rotatable bonds is 4. The number of carbonyl (C=O) groups is 6. The standard InChI is InChI=1S/C32H39NO15/c1-13-14(2)27(40)47-25-22(45-16(4)35)26(46-17(5)36)31(12-43-15(3)34)24(39)21(37)19-23(38)32(31,30(25,7)42)48-29(19,6)11-44-28(41)18-9-8-10-33-20(13)18/h8-10,13-14,19,22-26,38-39,42H,11-12H2,1-7H3/t13-,14-,19+,22-,23+,24+,25-,26-,29+,30+,31+,32-/m0/s1. The molecular formula is C32H39NO15. The molecule has 5 rings (SSSR count). The molecule has 3 heterocycles. The van der Waals surface area contributed by atoms with E-state index >= 15 is 0 Å². The van der Waals surface area contributed by atoms with E-state index in [0.717, 1.165) is 27.7 Å². The van der Waals surface area contributed by atoms with E-state index in [4.69, 9.17) is 28.4 Å². The molecule has 1 aromatic rings. The van der Waals surface area contributed by atoms with E-state index in [1.165, 1.54) is 32.2 Å². The summed E-state index contributed by atoms with van der Waals surface area (Å²) in [5.41, 5.74) is -9.91. The quantitative estimate of drug-likeness (QED) is 0.270. The van der Waals surface area contributed by atoms with Gasteiger partial charge in [0.2, 0.25) is 0 Å². The predicted molar refractivity (Wildman–Crippen MR) is 156 cm³/mol. The molecule has 0 unspecified atom stereocenters. The molecule has 2 aliphatic carbocycles. The lowest BCUT2D eigenvalue weighted by atomic mass is 9.45. The summed E-state index contributed by atoms with van der Waals surface area (Å²) in [4.78, 5) is 83.5. The molecule has 1 spiro atoms. The van der Waals surface area contributed by atoms with Crippen molar-refractivity contribution in [3.05, 3.63) is 29.6 Å². The second-order valence-corrected chi connectivity index (χ2v) is 13.4. The molecule has 0 aromatic carbocycles. The van der Waals surface area contributed by atoms with Crippen LogP contribution >= 0.6 is 0 Å². The van der Waals surface area contributed by atoms with Crippen LogP contribution in [-0.4, -0.2) is 116 Å². The summed E-state index contributed by atoms with van der Waals surface area (Å²) in [5, 5.41) is 36.9. The Morgan fingerprint density at radius 1 is 1.00 bits per heavy atom. The number of aliphatic hydroxyl groups excluding tert-OH is 2. The summed E-state index contributed by atoms with van der Waals surface area (Å²) >= 11 is 0. The molecule has 48 heavy (non-hydrogen) atoms. The number of ether oxygens (including phenoxy) is 6. The molecule has 2 aliphatic heterocycles. The van der Waals surface area contributed by atoms with Gasteiger partial charge in [0, 0.05) is 32.9 Å². The summed E-state index contributed by atoms with van der Waals surface area (Å²) in [7, 11) is 0. The fourth-order valence-corrected chi connectivity index (χ4v) is 8.11. The van der Waals surface area contributed by atoms with Gasteiger partial charge in [-0.3, -0.25) is 29.0 Å². The van der Waals surface area contributed by atoms with Crippen LogP contribution in [0.4, 0.5) is 0 Å². The Morgan fingerprint density at radius 2 is 1.65 bits per heavy atom. The highest BCUT2D eigenvalue weighted by molar-refractivity contribution is 5.93. The summed E-state index contributed by atoms with van der Waals surface area (Å²) in [6.45, 7) is 6.61. The molecule has 16 heteroatoms. The first kappa shape index (κ1) is 35.3. The molecule has 2 saturated carbocycles. The molecule has 1 saturated heterocycles. The number of nitrogens with zero attached hydrogens (tertiary/aromatic N) is 1. The van der Waals surface area contributed by atoms with Crippen LogP contribution in [0.25, 0.3) is 0 Å². The van der Waals surface area contributed by atoms with Crippen molar-refractivity contribution in [1.29, 1.82) is 0 Å². The lowest BCUT2D eigenvalue weighted by Crippen LogP contribution is -2.88. The SMILES string of the molecule is CC(=O)OC[C@]12[C@H](O)C(=O)[C@@H]3[C@@H](O)[C@@]14O[C@]3(C)COC(=O)c1cccnc1[C@@H](C)[C@H](C)C(=O)O[C@@H]([C@H](OC(C)=O)[C@@H]2OC(C)=O)[C@@]4(C)O. The summed E-state index contributed by atoms with van der Waals surface area (Å²) in [6, 6.07) is 2.90. The number of esters is 5. The Labute approximate surface area is 275 Å². The number of Topliss-reactive ketones (excluding diaryl/α,β-unsaturated/α-hetero) is 1. The Bertz CT molecular complexity index is 1560. The summed E-state index contributed by atoms with van der Waals surface area (Å²) < 4.78 is 34.7. The minimum Gasteiger partial charge on any atom is -0.465 e. The molecule has 0 radical (unpaired) electrons. The summed E-state index contributed by atoms with van der Waals surface area (Å²) in [5.74, 6) is -9.64. The first-order chi connectivity index (χ1) is 22.3. The number of cyclic esters (lactones) is 1. The lowest BCUT2D eigenvalue weighted by Gasteiger charge is -2.66. The van der Waals surface area contributed by atoms with E-state index in [-0.39, 0.29) is 11.3 Å². The zero-order valence-electron chi connectivity index (χ0n) is 27.5. The van der Waals surface area contributed by atoms with Gasteiger partial charge < -0.3 is 43.7 Å². The molecular weight excluding hydrogens is 638 g/mol. The van der Waals surface area contributed by atoms with Gasteiger partial charge >= 0.3 is 29.8 Å². The van der Waals surface area contributed by atoms with Crippen molar-refractivity contribution >= 4 is 35.6 Å². The van der Waals surface area contributed by atoms with Crippen LogP contribution in [0.5, 0.6) is 0 Å². The van der Waals surface area contributed by atoms with Crippen LogP contribution in [0.2, 0.25) is 0 Å². The first-order valence-corrected chi connectivity index (χ1v) is 15.4. The predicted octanol–water partition coefficient (Wildman–Crippen LogP) is -0.471. The molecule has 262 valence electrons. The molecule has 1 aromatic heterocycles. The molecule has 4 bridgehead atoms. The van der Waals surface area contributed by atoms with Crippen LogP contribution in [-0.2, 0) is 52.4 Å². The fourth-order valence-electron chi connectivity index (χ4n) is 8.11. The number of aliphatic hydroxyl groups is 3. The molecule has 12 atom stereocenters. The zero-order valence-corrected chi connectivity index (χ0v) is 27.5. The smallest absolute Gasteiger partial charge is 0.340 e. The Morgan fingerprint density at radius 3 is 2.25 bits per heavy atom. The third-order valence-electron chi connectivity index (χ3n) is 10.4. The lowest BCUT2D eigenvalue weighted by molar-refractivity contribution is -0.376. The topological polar surface area (TPSA) is 231 Å². The second kappa shape index (κ2) is 11.9. The van der Waals surface area contributed by atoms with Crippen molar-refractivity contribution in [1.82, 2.24) is 4.98 Å². The maximum atomic E-state index is 14.2. The van der Waals surface area contributed by atoms with E-state index < -0.39 is 119 Å². The highest BCUT2D eigenvalue weighted by Crippen LogP contribution is 2.67. The van der Waals surface area contributed by atoms with Crippen molar-refractivity contribution in [3.63, 3.8) is 0 Å². The van der Waals surface area contributed by atoms with Crippen molar-refractivity contribution in [2.45, 2.75) is 102 Å². The fraction of sp³-hybridized carbons (Fsp3) is 0.656.